The number of hydrogen-bond donors (Lipinski definition) is 2. The average Bonchev–Trinajstić information content (AvgIpc) is 2.37. The van der Waals surface area contributed by atoms with E-state index in [1.165, 1.54) is 13.2 Å². The van der Waals surface area contributed by atoms with Crippen molar-refractivity contribution in [2.45, 2.75) is 30.8 Å². The molecule has 2 N–H and O–H groups in total. The van der Waals surface area contributed by atoms with Gasteiger partial charge in [-0.1, -0.05) is 18.5 Å². The summed E-state index contributed by atoms with van der Waals surface area (Å²) in [6, 6.07) is 2.88. The first-order valence-electron chi connectivity index (χ1n) is 6.02. The molecule has 0 amide bonds. The number of sulfonamides is 1. The molecule has 1 aromatic rings. The number of benzene rings is 1. The number of nitrogens with one attached hydrogen (secondary N) is 1. The van der Waals surface area contributed by atoms with Crippen molar-refractivity contribution in [2.24, 2.45) is 0 Å². The van der Waals surface area contributed by atoms with Crippen molar-refractivity contribution in [3.8, 4) is 5.75 Å². The van der Waals surface area contributed by atoms with Crippen LogP contribution in [-0.4, -0.2) is 33.3 Å². The van der Waals surface area contributed by atoms with Crippen molar-refractivity contribution < 1.29 is 18.3 Å². The average molecular weight is 387 g/mol. The highest BCUT2D eigenvalue weighted by Crippen LogP contribution is 2.35. The standard InChI is InChI=1S/C12H17BrClNO4S/c1-3-9(16)4-5-15-20(17,18)11-7-8(14)6-10(13)12(11)19-2/h6-7,9,15-16H,3-5H2,1-2H3. The van der Waals surface area contributed by atoms with Gasteiger partial charge in [0.25, 0.3) is 0 Å². The van der Waals surface area contributed by atoms with Crippen molar-refractivity contribution in [3.63, 3.8) is 0 Å². The van der Waals surface area contributed by atoms with E-state index in [2.05, 4.69) is 20.7 Å². The van der Waals surface area contributed by atoms with Gasteiger partial charge in [0.05, 0.1) is 17.7 Å². The van der Waals surface area contributed by atoms with Crippen LogP contribution in [0.3, 0.4) is 0 Å². The maximum absolute atomic E-state index is 12.2. The van der Waals surface area contributed by atoms with Gasteiger partial charge in [-0.3, -0.25) is 0 Å². The molecule has 0 bridgehead atoms. The SMILES string of the molecule is CCC(O)CCNS(=O)(=O)c1cc(Cl)cc(Br)c1OC. The Morgan fingerprint density at radius 3 is 2.70 bits per heavy atom. The molecule has 0 fully saturated rings. The van der Waals surface area contributed by atoms with Gasteiger partial charge in [0.15, 0.2) is 5.75 Å². The Labute approximate surface area is 132 Å². The van der Waals surface area contributed by atoms with E-state index in [1.54, 1.807) is 6.07 Å². The molecule has 1 aromatic carbocycles. The largest absolute Gasteiger partial charge is 0.494 e. The smallest absolute Gasteiger partial charge is 0.244 e. The lowest BCUT2D eigenvalue weighted by Gasteiger charge is -2.13. The first kappa shape index (κ1) is 17.7. The molecular weight excluding hydrogens is 370 g/mol. The Morgan fingerprint density at radius 2 is 2.15 bits per heavy atom. The van der Waals surface area contributed by atoms with E-state index in [0.29, 0.717) is 17.3 Å². The summed E-state index contributed by atoms with van der Waals surface area (Å²) >= 11 is 9.09. The molecule has 0 aliphatic carbocycles. The topological polar surface area (TPSA) is 75.6 Å². The van der Waals surface area contributed by atoms with Gasteiger partial charge in [-0.2, -0.15) is 0 Å². The number of rotatable bonds is 7. The van der Waals surface area contributed by atoms with Crippen molar-refractivity contribution in [1.29, 1.82) is 0 Å². The van der Waals surface area contributed by atoms with Gasteiger partial charge >= 0.3 is 0 Å². The summed E-state index contributed by atoms with van der Waals surface area (Å²) < 4.78 is 32.4. The Kier molecular flexibility index (Phi) is 6.74. The van der Waals surface area contributed by atoms with Gasteiger partial charge in [0.2, 0.25) is 10.0 Å². The highest BCUT2D eigenvalue weighted by atomic mass is 79.9. The third-order valence-corrected chi connectivity index (χ3v) is 4.98. The number of methoxy groups -OCH3 is 1. The zero-order chi connectivity index (χ0) is 15.3. The maximum atomic E-state index is 12.2. The van der Waals surface area contributed by atoms with Gasteiger partial charge in [-0.15, -0.1) is 0 Å². The second-order valence-electron chi connectivity index (χ2n) is 4.17. The minimum absolute atomic E-state index is 0.0367. The molecule has 1 atom stereocenters. The summed E-state index contributed by atoms with van der Waals surface area (Å²) in [5.74, 6) is 0.193. The van der Waals surface area contributed by atoms with Crippen LogP contribution in [0.5, 0.6) is 5.75 Å². The van der Waals surface area contributed by atoms with E-state index in [9.17, 15) is 13.5 Å². The van der Waals surface area contributed by atoms with Crippen LogP contribution < -0.4 is 9.46 Å². The summed E-state index contributed by atoms with van der Waals surface area (Å²) in [6.07, 6.45) is 0.402. The number of aliphatic hydroxyl groups is 1. The summed E-state index contributed by atoms with van der Waals surface area (Å²) in [4.78, 5) is -0.0367. The molecule has 0 saturated carbocycles. The molecule has 0 heterocycles. The lowest BCUT2D eigenvalue weighted by Crippen LogP contribution is -2.27. The summed E-state index contributed by atoms with van der Waals surface area (Å²) in [7, 11) is -2.37. The Balaban J connectivity index is 2.98. The molecule has 0 radical (unpaired) electrons. The number of aliphatic hydroxyl groups excluding tert-OH is 1. The van der Waals surface area contributed by atoms with E-state index in [-0.39, 0.29) is 22.2 Å². The molecule has 0 aromatic heterocycles. The third-order valence-electron chi connectivity index (χ3n) is 2.71. The van der Waals surface area contributed by atoms with Crippen LogP contribution in [0.15, 0.2) is 21.5 Å². The van der Waals surface area contributed by atoms with Crippen LogP contribution in [-0.2, 0) is 10.0 Å². The minimum Gasteiger partial charge on any atom is -0.494 e. The molecular formula is C12H17BrClNO4S. The van der Waals surface area contributed by atoms with E-state index in [4.69, 9.17) is 16.3 Å². The third kappa shape index (κ3) is 4.60. The molecule has 0 spiro atoms. The fourth-order valence-corrected chi connectivity index (χ4v) is 4.01. The molecule has 0 aliphatic rings. The zero-order valence-corrected chi connectivity index (χ0v) is 14.3. The van der Waals surface area contributed by atoms with Crippen molar-refractivity contribution in [1.82, 2.24) is 4.72 Å². The molecule has 20 heavy (non-hydrogen) atoms. The first-order chi connectivity index (χ1) is 9.31. The summed E-state index contributed by atoms with van der Waals surface area (Å²) in [6.45, 7) is 1.97. The fraction of sp³-hybridized carbons (Fsp3) is 0.500. The predicted molar refractivity (Wildman–Crippen MR) is 81.8 cm³/mol. The van der Waals surface area contributed by atoms with Crippen molar-refractivity contribution >= 4 is 37.6 Å². The molecule has 5 nitrogen and oxygen atoms in total. The first-order valence-corrected chi connectivity index (χ1v) is 8.68. The monoisotopic (exact) mass is 385 g/mol. The van der Waals surface area contributed by atoms with Gasteiger partial charge in [-0.05, 0) is 40.9 Å². The lowest BCUT2D eigenvalue weighted by molar-refractivity contribution is 0.162. The number of hydrogen-bond acceptors (Lipinski definition) is 4. The predicted octanol–water partition coefficient (Wildman–Crippen LogP) is 2.55. The Hall–Kier alpha value is -0.340. The van der Waals surface area contributed by atoms with E-state index < -0.39 is 16.1 Å². The van der Waals surface area contributed by atoms with Crippen LogP contribution in [0.2, 0.25) is 5.02 Å². The van der Waals surface area contributed by atoms with Crippen LogP contribution >= 0.6 is 27.5 Å². The zero-order valence-electron chi connectivity index (χ0n) is 11.2. The van der Waals surface area contributed by atoms with E-state index in [0.717, 1.165) is 0 Å². The molecule has 1 unspecified atom stereocenters. The normalized spacial score (nSPS) is 13.2. The minimum atomic E-state index is -3.75. The highest BCUT2D eigenvalue weighted by molar-refractivity contribution is 9.10. The van der Waals surface area contributed by atoms with Gasteiger partial charge in [0.1, 0.15) is 4.90 Å². The molecule has 1 rings (SSSR count). The Morgan fingerprint density at radius 1 is 1.50 bits per heavy atom. The lowest BCUT2D eigenvalue weighted by atomic mass is 10.2. The second kappa shape index (κ2) is 7.61. The van der Waals surface area contributed by atoms with Gasteiger partial charge < -0.3 is 9.84 Å². The molecule has 114 valence electrons. The maximum Gasteiger partial charge on any atom is 0.244 e. The molecule has 8 heteroatoms. The van der Waals surface area contributed by atoms with E-state index in [1.807, 2.05) is 6.92 Å². The second-order valence-corrected chi connectivity index (χ2v) is 7.19. The molecule has 0 aliphatic heterocycles. The summed E-state index contributed by atoms with van der Waals surface area (Å²) in [5.41, 5.74) is 0. The van der Waals surface area contributed by atoms with Crippen molar-refractivity contribution in [3.05, 3.63) is 21.6 Å². The van der Waals surface area contributed by atoms with Gasteiger partial charge in [0, 0.05) is 11.6 Å². The summed E-state index contributed by atoms with van der Waals surface area (Å²) in [5, 5.41) is 9.71. The van der Waals surface area contributed by atoms with Crippen LogP contribution in [0.4, 0.5) is 0 Å². The molecule has 0 saturated heterocycles. The van der Waals surface area contributed by atoms with Crippen LogP contribution in [0.1, 0.15) is 19.8 Å². The number of ether oxygens (including phenoxy) is 1. The highest BCUT2D eigenvalue weighted by Gasteiger charge is 2.22. The fourth-order valence-electron chi connectivity index (χ4n) is 1.58. The van der Waals surface area contributed by atoms with E-state index >= 15 is 0 Å². The Bertz CT molecular complexity index is 565. The van der Waals surface area contributed by atoms with Crippen LogP contribution in [0.25, 0.3) is 0 Å². The van der Waals surface area contributed by atoms with Crippen molar-refractivity contribution in [2.75, 3.05) is 13.7 Å². The van der Waals surface area contributed by atoms with Crippen LogP contribution in [0, 0.1) is 0 Å². The van der Waals surface area contributed by atoms with Gasteiger partial charge in [-0.25, -0.2) is 13.1 Å². The quantitative estimate of drug-likeness (QED) is 0.755. The number of halogens is 2.